The van der Waals surface area contributed by atoms with Gasteiger partial charge in [0.15, 0.2) is 0 Å². The predicted octanol–water partition coefficient (Wildman–Crippen LogP) is 3.88. The zero-order valence-electron chi connectivity index (χ0n) is 12.7. The van der Waals surface area contributed by atoms with E-state index in [1.54, 1.807) is 0 Å². The molecule has 19 heavy (non-hydrogen) atoms. The first-order valence-corrected chi connectivity index (χ1v) is 9.49. The van der Waals surface area contributed by atoms with E-state index in [4.69, 9.17) is 4.52 Å². The summed E-state index contributed by atoms with van der Waals surface area (Å²) in [6.45, 7) is 9.09. The third-order valence-electron chi connectivity index (χ3n) is 4.22. The molecule has 2 aliphatic heterocycles. The summed E-state index contributed by atoms with van der Waals surface area (Å²) in [5, 5.41) is 0. The Morgan fingerprint density at radius 2 is 1.58 bits per heavy atom. The maximum Gasteiger partial charge on any atom is 0.346 e. The molecule has 0 spiro atoms. The van der Waals surface area contributed by atoms with Gasteiger partial charge in [-0.2, -0.15) is 0 Å². The Bertz CT molecular complexity index is 315. The van der Waals surface area contributed by atoms with E-state index in [9.17, 15) is 4.57 Å². The largest absolute Gasteiger partial charge is 0.346 e. The van der Waals surface area contributed by atoms with Crippen LogP contribution >= 0.6 is 7.67 Å². The Labute approximate surface area is 118 Å². The quantitative estimate of drug-likeness (QED) is 0.347. The first-order chi connectivity index (χ1) is 9.17. The third kappa shape index (κ3) is 3.60. The smallest absolute Gasteiger partial charge is 0.306 e. The van der Waals surface area contributed by atoms with E-state index >= 15 is 0 Å². The highest BCUT2D eigenvalue weighted by Crippen LogP contribution is 2.65. The molecule has 112 valence electrons. The number of hydrogen-bond donors (Lipinski definition) is 0. The molecule has 4 atom stereocenters. The summed E-state index contributed by atoms with van der Waals surface area (Å²) in [5.74, 6) is 0. The molecule has 0 aliphatic carbocycles. The molecule has 5 heteroatoms. The molecule has 0 saturated carbocycles. The van der Waals surface area contributed by atoms with E-state index in [1.807, 2.05) is 0 Å². The van der Waals surface area contributed by atoms with Crippen LogP contribution in [0.5, 0.6) is 0 Å². The SMILES string of the molecule is CCCCCCOP(=O)(N1CC1CC)N1CC1CC. The van der Waals surface area contributed by atoms with Gasteiger partial charge in [-0.1, -0.05) is 40.0 Å². The van der Waals surface area contributed by atoms with Crippen molar-refractivity contribution < 1.29 is 9.09 Å². The minimum Gasteiger partial charge on any atom is -0.306 e. The van der Waals surface area contributed by atoms with Crippen molar-refractivity contribution in [2.45, 2.75) is 71.4 Å². The molecule has 2 aliphatic rings. The summed E-state index contributed by atoms with van der Waals surface area (Å²) in [4.78, 5) is 0. The van der Waals surface area contributed by atoms with Crippen molar-refractivity contribution >= 4 is 7.67 Å². The lowest BCUT2D eigenvalue weighted by molar-refractivity contribution is 0.259. The lowest BCUT2D eigenvalue weighted by atomic mass is 10.2. The fourth-order valence-corrected chi connectivity index (χ4v) is 5.55. The van der Waals surface area contributed by atoms with E-state index in [-0.39, 0.29) is 0 Å². The van der Waals surface area contributed by atoms with Gasteiger partial charge in [-0.05, 0) is 19.3 Å². The molecule has 4 unspecified atom stereocenters. The molecule has 0 bridgehead atoms. The Balaban J connectivity index is 1.83. The first kappa shape index (κ1) is 15.5. The van der Waals surface area contributed by atoms with Crippen molar-refractivity contribution in [3.63, 3.8) is 0 Å². The third-order valence-corrected chi connectivity index (χ3v) is 7.02. The average Bonchev–Trinajstić information content (AvgIpc) is 3.29. The molecule has 2 fully saturated rings. The van der Waals surface area contributed by atoms with Crippen LogP contribution in [0.2, 0.25) is 0 Å². The first-order valence-electron chi connectivity index (χ1n) is 7.96. The van der Waals surface area contributed by atoms with Crippen molar-refractivity contribution in [3.8, 4) is 0 Å². The summed E-state index contributed by atoms with van der Waals surface area (Å²) in [6, 6.07) is 0.971. The highest BCUT2D eigenvalue weighted by molar-refractivity contribution is 7.54. The fraction of sp³-hybridized carbons (Fsp3) is 1.00. The lowest BCUT2D eigenvalue weighted by Gasteiger charge is -2.21. The molecular weight excluding hydrogens is 259 g/mol. The number of unbranched alkanes of at least 4 members (excludes halogenated alkanes) is 3. The molecule has 0 aromatic carbocycles. The second kappa shape index (κ2) is 6.71. The molecule has 2 rings (SSSR count). The molecule has 4 nitrogen and oxygen atoms in total. The van der Waals surface area contributed by atoms with Crippen LogP contribution in [0, 0.1) is 0 Å². The minimum atomic E-state index is -2.67. The maximum absolute atomic E-state index is 13.1. The molecular formula is C14H29N2O2P. The Hall–Kier alpha value is 0.110. The van der Waals surface area contributed by atoms with Gasteiger partial charge in [0.2, 0.25) is 0 Å². The average molecular weight is 288 g/mol. The molecule has 0 aromatic heterocycles. The summed E-state index contributed by atoms with van der Waals surface area (Å²) in [5.41, 5.74) is 0. The van der Waals surface area contributed by atoms with Gasteiger partial charge in [-0.15, -0.1) is 0 Å². The van der Waals surface area contributed by atoms with Gasteiger partial charge in [-0.25, -0.2) is 9.34 Å². The van der Waals surface area contributed by atoms with E-state index in [0.29, 0.717) is 18.7 Å². The molecule has 0 aromatic rings. The van der Waals surface area contributed by atoms with Gasteiger partial charge in [0.05, 0.1) is 6.61 Å². The van der Waals surface area contributed by atoms with Gasteiger partial charge in [0.1, 0.15) is 0 Å². The lowest BCUT2D eigenvalue weighted by Crippen LogP contribution is -2.12. The fourth-order valence-electron chi connectivity index (χ4n) is 2.64. The van der Waals surface area contributed by atoms with Gasteiger partial charge in [0.25, 0.3) is 0 Å². The van der Waals surface area contributed by atoms with E-state index < -0.39 is 7.67 Å². The van der Waals surface area contributed by atoms with Crippen LogP contribution < -0.4 is 0 Å². The van der Waals surface area contributed by atoms with E-state index in [1.165, 1.54) is 19.3 Å². The molecule has 2 heterocycles. The topological polar surface area (TPSA) is 32.3 Å². The summed E-state index contributed by atoms with van der Waals surface area (Å²) < 4.78 is 23.2. The predicted molar refractivity (Wildman–Crippen MR) is 79.3 cm³/mol. The Kier molecular flexibility index (Phi) is 5.47. The zero-order valence-corrected chi connectivity index (χ0v) is 13.6. The van der Waals surface area contributed by atoms with Crippen molar-refractivity contribution in [2.75, 3.05) is 19.7 Å². The van der Waals surface area contributed by atoms with Gasteiger partial charge in [-0.3, -0.25) is 4.57 Å². The molecule has 0 amide bonds. The number of rotatable bonds is 10. The van der Waals surface area contributed by atoms with Crippen molar-refractivity contribution in [1.29, 1.82) is 0 Å². The van der Waals surface area contributed by atoms with Crippen molar-refractivity contribution in [1.82, 2.24) is 9.34 Å². The highest BCUT2D eigenvalue weighted by atomic mass is 31.2. The van der Waals surface area contributed by atoms with Crippen LogP contribution in [0.1, 0.15) is 59.3 Å². The summed E-state index contributed by atoms with van der Waals surface area (Å²) >= 11 is 0. The van der Waals surface area contributed by atoms with Crippen LogP contribution in [0.15, 0.2) is 0 Å². The molecule has 0 radical (unpaired) electrons. The van der Waals surface area contributed by atoms with Gasteiger partial charge >= 0.3 is 7.67 Å². The monoisotopic (exact) mass is 288 g/mol. The Morgan fingerprint density at radius 1 is 1.00 bits per heavy atom. The van der Waals surface area contributed by atoms with E-state index in [0.717, 1.165) is 32.4 Å². The second-order valence-electron chi connectivity index (χ2n) is 5.75. The van der Waals surface area contributed by atoms with Crippen molar-refractivity contribution in [3.05, 3.63) is 0 Å². The van der Waals surface area contributed by atoms with Crippen molar-refractivity contribution in [2.24, 2.45) is 0 Å². The highest BCUT2D eigenvalue weighted by Gasteiger charge is 2.57. The van der Waals surface area contributed by atoms with Crippen LogP contribution in [-0.4, -0.2) is 41.1 Å². The summed E-state index contributed by atoms with van der Waals surface area (Å²) in [7, 11) is -2.67. The zero-order chi connectivity index (χ0) is 13.9. The van der Waals surface area contributed by atoms with E-state index in [2.05, 4.69) is 30.1 Å². The van der Waals surface area contributed by atoms with Gasteiger partial charge in [0, 0.05) is 25.2 Å². The maximum atomic E-state index is 13.1. The van der Waals surface area contributed by atoms with Gasteiger partial charge < -0.3 is 4.52 Å². The van der Waals surface area contributed by atoms with Crippen LogP contribution in [0.4, 0.5) is 0 Å². The van der Waals surface area contributed by atoms with Crippen LogP contribution in [0.3, 0.4) is 0 Å². The second-order valence-corrected chi connectivity index (χ2v) is 8.02. The summed E-state index contributed by atoms with van der Waals surface area (Å²) in [6.07, 6.45) is 6.85. The number of hydrogen-bond acceptors (Lipinski definition) is 2. The molecule has 0 N–H and O–H groups in total. The normalized spacial score (nSPS) is 35.9. The Morgan fingerprint density at radius 3 is 2.00 bits per heavy atom. The molecule has 2 saturated heterocycles. The van der Waals surface area contributed by atoms with Crippen LogP contribution in [-0.2, 0) is 9.09 Å². The van der Waals surface area contributed by atoms with Crippen LogP contribution in [0.25, 0.3) is 0 Å². The number of nitrogens with zero attached hydrogens (tertiary/aromatic N) is 2. The minimum absolute atomic E-state index is 0.486. The standard InChI is InChI=1S/C14H29N2O2P/c1-4-7-8-9-10-18-19(17,15-11-13(15)5-2)16-12-14(16)6-3/h13-14H,4-12H2,1-3H3.